The number of hydrogen-bond acceptors (Lipinski definition) is 2. The second kappa shape index (κ2) is 7.14. The molecule has 4 nitrogen and oxygen atoms in total. The van der Waals surface area contributed by atoms with Gasteiger partial charge >= 0.3 is 5.97 Å². The van der Waals surface area contributed by atoms with Crippen LogP contribution in [0.5, 0.6) is 0 Å². The van der Waals surface area contributed by atoms with Crippen LogP contribution >= 0.6 is 23.2 Å². The van der Waals surface area contributed by atoms with Crippen molar-refractivity contribution in [3.05, 3.63) is 33.8 Å². The maximum absolute atomic E-state index is 12.5. The number of rotatable bonds is 4. The average molecular weight is 330 g/mol. The second-order valence-electron chi connectivity index (χ2n) is 5.35. The molecule has 1 heterocycles. The maximum Gasteiger partial charge on any atom is 0.303 e. The lowest BCUT2D eigenvalue weighted by atomic mass is 9.93. The van der Waals surface area contributed by atoms with Crippen LogP contribution in [0.3, 0.4) is 0 Å². The van der Waals surface area contributed by atoms with E-state index in [0.717, 1.165) is 12.8 Å². The third-order valence-electron chi connectivity index (χ3n) is 3.68. The number of hydrogen-bond donors (Lipinski definition) is 1. The standard InChI is InChI=1S/C15H17Cl2NO3/c16-12-6-11(7-13(17)8-12)15(21)18-5-1-2-10(9-18)3-4-14(19)20/h6-8,10H,1-5,9H2,(H,19,20)/t10-/m1/s1. The molecule has 1 aliphatic heterocycles. The molecule has 0 unspecified atom stereocenters. The third-order valence-corrected chi connectivity index (χ3v) is 4.12. The van der Waals surface area contributed by atoms with Crippen molar-refractivity contribution < 1.29 is 14.7 Å². The quantitative estimate of drug-likeness (QED) is 0.915. The fourth-order valence-electron chi connectivity index (χ4n) is 2.67. The number of carboxylic acids is 1. The van der Waals surface area contributed by atoms with Crippen molar-refractivity contribution in [2.75, 3.05) is 13.1 Å². The Morgan fingerprint density at radius 1 is 1.24 bits per heavy atom. The van der Waals surface area contributed by atoms with Crippen molar-refractivity contribution in [3.8, 4) is 0 Å². The molecule has 1 N–H and O–H groups in total. The lowest BCUT2D eigenvalue weighted by Crippen LogP contribution is -2.40. The minimum absolute atomic E-state index is 0.0978. The highest BCUT2D eigenvalue weighted by Gasteiger charge is 2.25. The van der Waals surface area contributed by atoms with Crippen molar-refractivity contribution in [1.82, 2.24) is 4.90 Å². The fourth-order valence-corrected chi connectivity index (χ4v) is 3.20. The zero-order chi connectivity index (χ0) is 15.4. The van der Waals surface area contributed by atoms with E-state index in [0.29, 0.717) is 35.1 Å². The molecule has 0 radical (unpaired) electrons. The predicted molar refractivity (Wildman–Crippen MR) is 82.0 cm³/mol. The zero-order valence-corrected chi connectivity index (χ0v) is 13.0. The number of aliphatic carboxylic acids is 1. The van der Waals surface area contributed by atoms with E-state index < -0.39 is 5.97 Å². The van der Waals surface area contributed by atoms with Gasteiger partial charge in [0, 0.05) is 35.1 Å². The van der Waals surface area contributed by atoms with Crippen molar-refractivity contribution in [1.29, 1.82) is 0 Å². The monoisotopic (exact) mass is 329 g/mol. The Bertz CT molecular complexity index is 527. The Labute approximate surface area is 133 Å². The summed E-state index contributed by atoms with van der Waals surface area (Å²) in [6, 6.07) is 4.80. The van der Waals surface area contributed by atoms with Crippen LogP contribution in [0.15, 0.2) is 18.2 Å². The van der Waals surface area contributed by atoms with Gasteiger partial charge in [-0.25, -0.2) is 0 Å². The van der Waals surface area contributed by atoms with E-state index in [1.165, 1.54) is 0 Å². The topological polar surface area (TPSA) is 57.6 Å². The molecule has 1 saturated heterocycles. The van der Waals surface area contributed by atoms with Crippen molar-refractivity contribution >= 4 is 35.1 Å². The first-order chi connectivity index (χ1) is 9.95. The molecule has 1 amide bonds. The van der Waals surface area contributed by atoms with Gasteiger partial charge < -0.3 is 10.0 Å². The molecule has 0 spiro atoms. The molecule has 2 rings (SSSR count). The zero-order valence-electron chi connectivity index (χ0n) is 11.5. The smallest absolute Gasteiger partial charge is 0.303 e. The van der Waals surface area contributed by atoms with Gasteiger partial charge in [-0.2, -0.15) is 0 Å². The molecule has 0 bridgehead atoms. The van der Waals surface area contributed by atoms with Gasteiger partial charge in [0.25, 0.3) is 5.91 Å². The van der Waals surface area contributed by atoms with E-state index in [-0.39, 0.29) is 18.2 Å². The van der Waals surface area contributed by atoms with Crippen molar-refractivity contribution in [2.24, 2.45) is 5.92 Å². The number of benzene rings is 1. The first-order valence-corrected chi connectivity index (χ1v) is 7.68. The lowest BCUT2D eigenvalue weighted by molar-refractivity contribution is -0.137. The Hall–Kier alpha value is -1.26. The maximum atomic E-state index is 12.5. The SMILES string of the molecule is O=C(O)CC[C@H]1CCCN(C(=O)c2cc(Cl)cc(Cl)c2)C1. The van der Waals surface area contributed by atoms with E-state index in [1.807, 2.05) is 0 Å². The van der Waals surface area contributed by atoms with Crippen LogP contribution < -0.4 is 0 Å². The summed E-state index contributed by atoms with van der Waals surface area (Å²) in [7, 11) is 0. The number of nitrogens with zero attached hydrogens (tertiary/aromatic N) is 1. The second-order valence-corrected chi connectivity index (χ2v) is 6.22. The summed E-state index contributed by atoms with van der Waals surface area (Å²) < 4.78 is 0. The number of halogens is 2. The third kappa shape index (κ3) is 4.61. The molecule has 1 aromatic rings. The van der Waals surface area contributed by atoms with Crippen molar-refractivity contribution in [3.63, 3.8) is 0 Å². The summed E-state index contributed by atoms with van der Waals surface area (Å²) in [5.74, 6) is -0.645. The predicted octanol–water partition coefficient (Wildman–Crippen LogP) is 3.71. The molecule has 1 atom stereocenters. The van der Waals surface area contributed by atoms with Gasteiger partial charge in [-0.15, -0.1) is 0 Å². The first-order valence-electron chi connectivity index (χ1n) is 6.93. The van der Waals surface area contributed by atoms with Crippen LogP contribution in [-0.2, 0) is 4.79 Å². The minimum atomic E-state index is -0.792. The molecule has 21 heavy (non-hydrogen) atoms. The summed E-state index contributed by atoms with van der Waals surface area (Å²) in [6.45, 7) is 1.28. The molecule has 0 aliphatic carbocycles. The number of carboxylic acid groups (broad SMARTS) is 1. The van der Waals surface area contributed by atoms with E-state index in [2.05, 4.69) is 0 Å². The molecule has 0 saturated carbocycles. The number of likely N-dealkylation sites (tertiary alicyclic amines) is 1. The van der Waals surface area contributed by atoms with Gasteiger partial charge in [-0.1, -0.05) is 23.2 Å². The van der Waals surface area contributed by atoms with E-state index in [4.69, 9.17) is 28.3 Å². The van der Waals surface area contributed by atoms with Gasteiger partial charge in [-0.05, 0) is 43.4 Å². The summed E-state index contributed by atoms with van der Waals surface area (Å²) in [5.41, 5.74) is 0.478. The van der Waals surface area contributed by atoms with Gasteiger partial charge in [0.2, 0.25) is 0 Å². The number of carbonyl (C=O) groups is 2. The van der Waals surface area contributed by atoms with E-state index in [9.17, 15) is 9.59 Å². The van der Waals surface area contributed by atoms with E-state index in [1.54, 1.807) is 23.1 Å². The van der Waals surface area contributed by atoms with Crippen LogP contribution in [0.4, 0.5) is 0 Å². The minimum Gasteiger partial charge on any atom is -0.481 e. The van der Waals surface area contributed by atoms with Crippen LogP contribution in [0.25, 0.3) is 0 Å². The fraction of sp³-hybridized carbons (Fsp3) is 0.467. The normalized spacial score (nSPS) is 18.6. The molecular weight excluding hydrogens is 313 g/mol. The summed E-state index contributed by atoms with van der Waals surface area (Å²) in [5, 5.41) is 9.62. The highest BCUT2D eigenvalue weighted by molar-refractivity contribution is 6.35. The molecule has 0 aromatic heterocycles. The van der Waals surface area contributed by atoms with Crippen LogP contribution in [0.1, 0.15) is 36.0 Å². The number of carbonyl (C=O) groups excluding carboxylic acids is 1. The Kier molecular flexibility index (Phi) is 5.48. The van der Waals surface area contributed by atoms with Gasteiger partial charge in [-0.3, -0.25) is 9.59 Å². The lowest BCUT2D eigenvalue weighted by Gasteiger charge is -2.32. The highest BCUT2D eigenvalue weighted by Crippen LogP contribution is 2.25. The van der Waals surface area contributed by atoms with Crippen LogP contribution in [0, 0.1) is 5.92 Å². The molecule has 1 aromatic carbocycles. The van der Waals surface area contributed by atoms with Gasteiger partial charge in [0.05, 0.1) is 0 Å². The number of amides is 1. The average Bonchev–Trinajstić information content (AvgIpc) is 2.43. The molecular formula is C15H17Cl2NO3. The van der Waals surface area contributed by atoms with Crippen molar-refractivity contribution in [2.45, 2.75) is 25.7 Å². The molecule has 1 fully saturated rings. The molecule has 1 aliphatic rings. The summed E-state index contributed by atoms with van der Waals surface area (Å²) in [6.07, 6.45) is 2.61. The highest BCUT2D eigenvalue weighted by atomic mass is 35.5. The Morgan fingerprint density at radius 3 is 2.52 bits per heavy atom. The summed E-state index contributed by atoms with van der Waals surface area (Å²) in [4.78, 5) is 24.9. The number of piperidine rings is 1. The van der Waals surface area contributed by atoms with Gasteiger partial charge in [0.15, 0.2) is 0 Å². The van der Waals surface area contributed by atoms with E-state index >= 15 is 0 Å². The largest absolute Gasteiger partial charge is 0.481 e. The van der Waals surface area contributed by atoms with Crippen LogP contribution in [-0.4, -0.2) is 35.0 Å². The first kappa shape index (κ1) is 16.1. The molecule has 114 valence electrons. The Morgan fingerprint density at radius 2 is 1.90 bits per heavy atom. The van der Waals surface area contributed by atoms with Crippen LogP contribution in [0.2, 0.25) is 10.0 Å². The van der Waals surface area contributed by atoms with Gasteiger partial charge in [0.1, 0.15) is 0 Å². The Balaban J connectivity index is 2.03. The summed E-state index contributed by atoms with van der Waals surface area (Å²) >= 11 is 11.9. The molecule has 6 heteroatoms.